The molecule has 3 aliphatic rings. The van der Waals surface area contributed by atoms with Crippen molar-refractivity contribution < 1.29 is 19.5 Å². The first kappa shape index (κ1) is 23.9. The summed E-state index contributed by atoms with van der Waals surface area (Å²) in [5.41, 5.74) is 1.06. The van der Waals surface area contributed by atoms with E-state index in [1.807, 2.05) is 38.1 Å². The Morgan fingerprint density at radius 2 is 1.89 bits per heavy atom. The second-order valence-corrected chi connectivity index (χ2v) is 10.9. The van der Waals surface area contributed by atoms with Crippen molar-refractivity contribution in [2.45, 2.75) is 57.8 Å². The third-order valence-corrected chi connectivity index (χ3v) is 7.90. The molecule has 2 N–H and O–H groups in total. The molecule has 8 nitrogen and oxygen atoms in total. The number of fused-ring (bicyclic) bond motifs is 1. The fraction of sp³-hybridized carbons (Fsp3) is 0.462. The number of imide groups is 1. The summed E-state index contributed by atoms with van der Waals surface area (Å²) >= 11 is 6.01. The molecule has 35 heavy (non-hydrogen) atoms. The quantitative estimate of drug-likeness (QED) is 0.631. The van der Waals surface area contributed by atoms with Gasteiger partial charge in [-0.2, -0.15) is 0 Å². The molecule has 9 heteroatoms. The van der Waals surface area contributed by atoms with E-state index >= 15 is 0 Å². The summed E-state index contributed by atoms with van der Waals surface area (Å²) in [6.07, 6.45) is 1.01. The number of carbonyl (C=O) groups excluding carboxylic acids is 3. The minimum absolute atomic E-state index is 0.188. The first-order valence-corrected chi connectivity index (χ1v) is 12.3. The molecule has 184 valence electrons. The van der Waals surface area contributed by atoms with Crippen molar-refractivity contribution in [2.24, 2.45) is 5.41 Å². The smallest absolute Gasteiger partial charge is 0.256 e. The van der Waals surface area contributed by atoms with Gasteiger partial charge in [-0.1, -0.05) is 37.6 Å². The van der Waals surface area contributed by atoms with E-state index in [1.54, 1.807) is 12.1 Å². The van der Waals surface area contributed by atoms with Crippen LogP contribution in [0.4, 0.5) is 0 Å². The molecule has 2 atom stereocenters. The van der Waals surface area contributed by atoms with Gasteiger partial charge in [-0.05, 0) is 42.7 Å². The molecule has 0 spiro atoms. The number of piperidine rings is 2. The van der Waals surface area contributed by atoms with Crippen LogP contribution in [0.1, 0.15) is 60.4 Å². The lowest BCUT2D eigenvalue weighted by Gasteiger charge is -2.50. The van der Waals surface area contributed by atoms with Crippen molar-refractivity contribution in [1.82, 2.24) is 20.1 Å². The summed E-state index contributed by atoms with van der Waals surface area (Å²) in [5, 5.41) is 14.9. The molecular weight excluding hydrogens is 468 g/mol. The van der Waals surface area contributed by atoms with Crippen molar-refractivity contribution in [1.29, 1.82) is 0 Å². The molecule has 0 bridgehead atoms. The lowest BCUT2D eigenvalue weighted by molar-refractivity contribution is -0.137. The van der Waals surface area contributed by atoms with Crippen LogP contribution in [0.2, 0.25) is 5.02 Å². The number of nitrogens with zero attached hydrogens (tertiary/aromatic N) is 3. The zero-order chi connectivity index (χ0) is 25.0. The SMILES string of the molecule is CC1(C)CN(Cc2ccc(Cl)cc2)CCC1(O)c1ccc2c(n1)CN(C1CCC(=O)NC1=O)C2=O. The number of amides is 3. The predicted molar refractivity (Wildman–Crippen MR) is 129 cm³/mol. The third-order valence-electron chi connectivity index (χ3n) is 7.64. The van der Waals surface area contributed by atoms with Gasteiger partial charge in [0.25, 0.3) is 5.91 Å². The van der Waals surface area contributed by atoms with Crippen LogP contribution in [0, 0.1) is 5.41 Å². The molecule has 2 aromatic rings. The molecule has 3 aliphatic heterocycles. The van der Waals surface area contributed by atoms with Crippen LogP contribution in [0.25, 0.3) is 0 Å². The Balaban J connectivity index is 1.34. The van der Waals surface area contributed by atoms with Gasteiger partial charge in [0.1, 0.15) is 11.6 Å². The van der Waals surface area contributed by atoms with Gasteiger partial charge in [-0.3, -0.25) is 29.6 Å². The van der Waals surface area contributed by atoms with E-state index in [0.29, 0.717) is 47.9 Å². The van der Waals surface area contributed by atoms with E-state index in [0.717, 1.165) is 6.54 Å². The first-order chi connectivity index (χ1) is 16.6. The highest BCUT2D eigenvalue weighted by Crippen LogP contribution is 2.46. The third kappa shape index (κ3) is 4.24. The average Bonchev–Trinajstić information content (AvgIpc) is 3.13. The summed E-state index contributed by atoms with van der Waals surface area (Å²) in [4.78, 5) is 45.4. The van der Waals surface area contributed by atoms with Crippen LogP contribution in [0.15, 0.2) is 36.4 Å². The van der Waals surface area contributed by atoms with Gasteiger partial charge in [0, 0.05) is 36.5 Å². The number of hydrogen-bond donors (Lipinski definition) is 2. The Morgan fingerprint density at radius 1 is 1.14 bits per heavy atom. The number of likely N-dealkylation sites (tertiary alicyclic amines) is 1. The number of pyridine rings is 1. The monoisotopic (exact) mass is 496 g/mol. The van der Waals surface area contributed by atoms with Gasteiger partial charge in [0.05, 0.1) is 23.5 Å². The van der Waals surface area contributed by atoms with Gasteiger partial charge < -0.3 is 10.0 Å². The summed E-state index contributed by atoms with van der Waals surface area (Å²) in [6, 6.07) is 10.6. The Morgan fingerprint density at radius 3 is 2.57 bits per heavy atom. The fourth-order valence-corrected chi connectivity index (χ4v) is 5.68. The molecule has 2 fully saturated rings. The molecule has 4 heterocycles. The van der Waals surface area contributed by atoms with Crippen molar-refractivity contribution in [3.8, 4) is 0 Å². The Labute approximate surface area is 209 Å². The molecule has 1 aromatic heterocycles. The van der Waals surface area contributed by atoms with Crippen molar-refractivity contribution in [3.05, 3.63) is 63.9 Å². The van der Waals surface area contributed by atoms with E-state index in [4.69, 9.17) is 16.6 Å². The van der Waals surface area contributed by atoms with Crippen LogP contribution >= 0.6 is 11.6 Å². The highest BCUT2D eigenvalue weighted by atomic mass is 35.5. The molecule has 3 amide bonds. The maximum absolute atomic E-state index is 13.0. The van der Waals surface area contributed by atoms with Crippen LogP contribution < -0.4 is 5.32 Å². The second-order valence-electron chi connectivity index (χ2n) is 10.4. The molecular formula is C26H29ClN4O4. The van der Waals surface area contributed by atoms with Crippen LogP contribution in [0.5, 0.6) is 0 Å². The molecule has 0 aliphatic carbocycles. The standard InChI is InChI=1S/C26H29ClN4O4/c1-25(2)15-30(13-16-3-5-17(27)6-4-16)12-11-26(25,35)21-9-7-18-19(28-21)14-31(24(18)34)20-8-10-22(32)29-23(20)33/h3-7,9,20,35H,8,10-15H2,1-2H3,(H,29,32,33). The zero-order valence-electron chi connectivity index (χ0n) is 19.9. The lowest BCUT2D eigenvalue weighted by Crippen LogP contribution is -2.55. The number of hydrogen-bond acceptors (Lipinski definition) is 6. The zero-order valence-corrected chi connectivity index (χ0v) is 20.6. The molecule has 2 unspecified atom stereocenters. The lowest BCUT2D eigenvalue weighted by atomic mass is 9.68. The van der Waals surface area contributed by atoms with Gasteiger partial charge in [0.15, 0.2) is 0 Å². The second kappa shape index (κ2) is 8.69. The Hall–Kier alpha value is -2.81. The minimum atomic E-state index is -1.16. The molecule has 1 aromatic carbocycles. The van der Waals surface area contributed by atoms with Gasteiger partial charge in [0.2, 0.25) is 11.8 Å². The van der Waals surface area contributed by atoms with E-state index < -0.39 is 23.0 Å². The van der Waals surface area contributed by atoms with Crippen molar-refractivity contribution >= 4 is 29.3 Å². The first-order valence-electron chi connectivity index (χ1n) is 11.9. The van der Waals surface area contributed by atoms with Crippen LogP contribution in [0.3, 0.4) is 0 Å². The summed E-state index contributed by atoms with van der Waals surface area (Å²) in [7, 11) is 0. The van der Waals surface area contributed by atoms with E-state index in [-0.39, 0.29) is 24.8 Å². The molecule has 2 saturated heterocycles. The number of aromatic nitrogens is 1. The normalized spacial score (nSPS) is 26.6. The Bertz CT molecular complexity index is 1200. The molecule has 0 saturated carbocycles. The highest BCUT2D eigenvalue weighted by molar-refractivity contribution is 6.30. The van der Waals surface area contributed by atoms with E-state index in [9.17, 15) is 19.5 Å². The predicted octanol–water partition coefficient (Wildman–Crippen LogP) is 2.62. The summed E-state index contributed by atoms with van der Waals surface area (Å²) in [5.74, 6) is -1.03. The molecule has 0 radical (unpaired) electrons. The van der Waals surface area contributed by atoms with Crippen LogP contribution in [-0.4, -0.2) is 56.7 Å². The number of aliphatic hydroxyl groups is 1. The number of nitrogens with one attached hydrogen (secondary N) is 1. The minimum Gasteiger partial charge on any atom is -0.383 e. The largest absolute Gasteiger partial charge is 0.383 e. The molecule has 5 rings (SSSR count). The van der Waals surface area contributed by atoms with Gasteiger partial charge in [-0.15, -0.1) is 0 Å². The highest BCUT2D eigenvalue weighted by Gasteiger charge is 2.50. The Kier molecular flexibility index (Phi) is 5.94. The van der Waals surface area contributed by atoms with Crippen LogP contribution in [-0.2, 0) is 28.3 Å². The maximum atomic E-state index is 13.0. The fourth-order valence-electron chi connectivity index (χ4n) is 5.55. The van der Waals surface area contributed by atoms with Gasteiger partial charge >= 0.3 is 0 Å². The number of benzene rings is 1. The van der Waals surface area contributed by atoms with Crippen molar-refractivity contribution in [3.63, 3.8) is 0 Å². The number of halogens is 1. The van der Waals surface area contributed by atoms with E-state index in [2.05, 4.69) is 10.2 Å². The van der Waals surface area contributed by atoms with Crippen molar-refractivity contribution in [2.75, 3.05) is 13.1 Å². The average molecular weight is 497 g/mol. The maximum Gasteiger partial charge on any atom is 0.256 e. The number of carbonyl (C=O) groups is 3. The van der Waals surface area contributed by atoms with Gasteiger partial charge in [-0.25, -0.2) is 0 Å². The summed E-state index contributed by atoms with van der Waals surface area (Å²) < 4.78 is 0. The number of rotatable bonds is 4. The van der Waals surface area contributed by atoms with E-state index in [1.165, 1.54) is 10.5 Å². The topological polar surface area (TPSA) is 103 Å². The summed E-state index contributed by atoms with van der Waals surface area (Å²) in [6.45, 7) is 6.40.